The number of hydrogen-bond donors (Lipinski definition) is 1. The SMILES string of the molecule is CC[C@@H](C)NC(=O)CC[C@@H]1COc2ccccc2O1. The number of para-hydroxylation sites is 2. The topological polar surface area (TPSA) is 47.6 Å². The summed E-state index contributed by atoms with van der Waals surface area (Å²) in [6, 6.07) is 7.85. The minimum atomic E-state index is -0.0439. The molecule has 4 heteroatoms. The fourth-order valence-electron chi connectivity index (χ4n) is 1.95. The molecule has 0 spiro atoms. The number of benzene rings is 1. The molecule has 1 aliphatic heterocycles. The average molecular weight is 263 g/mol. The lowest BCUT2D eigenvalue weighted by Gasteiger charge is -2.26. The molecule has 1 aromatic rings. The van der Waals surface area contributed by atoms with E-state index in [1.807, 2.05) is 31.2 Å². The molecule has 1 N–H and O–H groups in total. The summed E-state index contributed by atoms with van der Waals surface area (Å²) in [5, 5.41) is 2.95. The quantitative estimate of drug-likeness (QED) is 0.888. The third-order valence-electron chi connectivity index (χ3n) is 3.28. The van der Waals surface area contributed by atoms with E-state index >= 15 is 0 Å². The normalized spacial score (nSPS) is 18.7. The number of rotatable bonds is 5. The molecule has 2 atom stereocenters. The molecule has 1 heterocycles. The minimum Gasteiger partial charge on any atom is -0.486 e. The average Bonchev–Trinajstić information content (AvgIpc) is 2.44. The summed E-state index contributed by atoms with van der Waals surface area (Å²) in [6.45, 7) is 4.57. The molecule has 1 amide bonds. The van der Waals surface area contributed by atoms with Crippen LogP contribution in [0.1, 0.15) is 33.1 Å². The summed E-state index contributed by atoms with van der Waals surface area (Å²) in [5.41, 5.74) is 0. The highest BCUT2D eigenvalue weighted by atomic mass is 16.6. The Kier molecular flexibility index (Phi) is 4.66. The van der Waals surface area contributed by atoms with E-state index in [1.165, 1.54) is 0 Å². The van der Waals surface area contributed by atoms with Crippen LogP contribution in [-0.4, -0.2) is 24.7 Å². The Morgan fingerprint density at radius 2 is 2.16 bits per heavy atom. The first-order chi connectivity index (χ1) is 9.19. The zero-order chi connectivity index (χ0) is 13.7. The highest BCUT2D eigenvalue weighted by Gasteiger charge is 2.21. The first kappa shape index (κ1) is 13.7. The van der Waals surface area contributed by atoms with Crippen molar-refractivity contribution in [3.05, 3.63) is 24.3 Å². The fourth-order valence-corrected chi connectivity index (χ4v) is 1.95. The van der Waals surface area contributed by atoms with E-state index in [9.17, 15) is 4.79 Å². The van der Waals surface area contributed by atoms with Crippen LogP contribution in [0.15, 0.2) is 24.3 Å². The van der Waals surface area contributed by atoms with Crippen molar-refractivity contribution in [1.29, 1.82) is 0 Å². The minimum absolute atomic E-state index is 0.0439. The highest BCUT2D eigenvalue weighted by molar-refractivity contribution is 5.76. The van der Waals surface area contributed by atoms with Crippen LogP contribution in [0.4, 0.5) is 0 Å². The predicted octanol–water partition coefficient (Wildman–Crippen LogP) is 2.52. The maximum absolute atomic E-state index is 11.7. The van der Waals surface area contributed by atoms with E-state index < -0.39 is 0 Å². The van der Waals surface area contributed by atoms with Gasteiger partial charge < -0.3 is 14.8 Å². The van der Waals surface area contributed by atoms with Crippen molar-refractivity contribution in [3.63, 3.8) is 0 Å². The molecule has 104 valence electrons. The second kappa shape index (κ2) is 6.45. The summed E-state index contributed by atoms with van der Waals surface area (Å²) in [6.07, 6.45) is 2.05. The van der Waals surface area contributed by atoms with Gasteiger partial charge in [0.1, 0.15) is 12.7 Å². The molecule has 0 bridgehead atoms. The van der Waals surface area contributed by atoms with Crippen LogP contribution < -0.4 is 14.8 Å². The van der Waals surface area contributed by atoms with E-state index in [4.69, 9.17) is 9.47 Å². The van der Waals surface area contributed by atoms with Gasteiger partial charge in [0.25, 0.3) is 0 Å². The fraction of sp³-hybridized carbons (Fsp3) is 0.533. The molecular weight excluding hydrogens is 242 g/mol. The van der Waals surface area contributed by atoms with Gasteiger partial charge in [-0.05, 0) is 31.9 Å². The first-order valence-electron chi connectivity index (χ1n) is 6.87. The van der Waals surface area contributed by atoms with Gasteiger partial charge in [0.05, 0.1) is 0 Å². The van der Waals surface area contributed by atoms with Gasteiger partial charge >= 0.3 is 0 Å². The highest BCUT2D eigenvalue weighted by Crippen LogP contribution is 2.31. The molecule has 0 aromatic heterocycles. The van der Waals surface area contributed by atoms with E-state index in [2.05, 4.69) is 12.2 Å². The van der Waals surface area contributed by atoms with Crippen molar-refractivity contribution in [2.75, 3.05) is 6.61 Å². The van der Waals surface area contributed by atoms with Crippen molar-refractivity contribution in [1.82, 2.24) is 5.32 Å². The molecule has 4 nitrogen and oxygen atoms in total. The van der Waals surface area contributed by atoms with Gasteiger partial charge in [0, 0.05) is 12.5 Å². The lowest BCUT2D eigenvalue weighted by Crippen LogP contribution is -2.34. The molecule has 0 fully saturated rings. The molecule has 0 saturated heterocycles. The molecular formula is C15H21NO3. The monoisotopic (exact) mass is 263 g/mol. The van der Waals surface area contributed by atoms with Crippen LogP contribution in [0.5, 0.6) is 11.5 Å². The number of amides is 1. The molecule has 0 unspecified atom stereocenters. The van der Waals surface area contributed by atoms with Gasteiger partial charge in [-0.25, -0.2) is 0 Å². The third-order valence-corrected chi connectivity index (χ3v) is 3.28. The number of hydrogen-bond acceptors (Lipinski definition) is 3. The summed E-state index contributed by atoms with van der Waals surface area (Å²) in [5.74, 6) is 1.63. The Morgan fingerprint density at radius 3 is 2.89 bits per heavy atom. The van der Waals surface area contributed by atoms with E-state index in [1.54, 1.807) is 0 Å². The van der Waals surface area contributed by atoms with E-state index in [0.717, 1.165) is 17.9 Å². The standard InChI is InChI=1S/C15H21NO3/c1-3-11(2)16-15(17)9-8-12-10-18-13-6-4-5-7-14(13)19-12/h4-7,11-12H,3,8-10H2,1-2H3,(H,16,17)/t11-,12-/m1/s1. The van der Waals surface area contributed by atoms with Crippen LogP contribution in [0.3, 0.4) is 0 Å². The number of carbonyl (C=O) groups excluding carboxylic acids is 1. The van der Waals surface area contributed by atoms with Crippen molar-refractivity contribution >= 4 is 5.91 Å². The summed E-state index contributed by atoms with van der Waals surface area (Å²) < 4.78 is 11.4. The zero-order valence-electron chi connectivity index (χ0n) is 11.5. The van der Waals surface area contributed by atoms with Crippen LogP contribution in [0.2, 0.25) is 0 Å². The van der Waals surface area contributed by atoms with Crippen LogP contribution in [0.25, 0.3) is 0 Å². The van der Waals surface area contributed by atoms with Gasteiger partial charge in [0.15, 0.2) is 11.5 Å². The number of carbonyl (C=O) groups is 1. The molecule has 0 radical (unpaired) electrons. The second-order valence-electron chi connectivity index (χ2n) is 4.91. The second-order valence-corrected chi connectivity index (χ2v) is 4.91. The van der Waals surface area contributed by atoms with Crippen molar-refractivity contribution in [3.8, 4) is 11.5 Å². The zero-order valence-corrected chi connectivity index (χ0v) is 11.5. The molecule has 1 aliphatic rings. The van der Waals surface area contributed by atoms with Crippen molar-refractivity contribution in [2.24, 2.45) is 0 Å². The summed E-state index contributed by atoms with van der Waals surface area (Å²) >= 11 is 0. The van der Waals surface area contributed by atoms with E-state index in [-0.39, 0.29) is 18.1 Å². The number of nitrogens with one attached hydrogen (secondary N) is 1. The van der Waals surface area contributed by atoms with Gasteiger partial charge in [-0.15, -0.1) is 0 Å². The predicted molar refractivity (Wildman–Crippen MR) is 73.5 cm³/mol. The Morgan fingerprint density at radius 1 is 1.42 bits per heavy atom. The van der Waals surface area contributed by atoms with Crippen molar-refractivity contribution < 1.29 is 14.3 Å². The Balaban J connectivity index is 1.78. The number of fused-ring (bicyclic) bond motifs is 1. The Labute approximate surface area is 114 Å². The Hall–Kier alpha value is -1.71. The van der Waals surface area contributed by atoms with Crippen LogP contribution in [-0.2, 0) is 4.79 Å². The maximum atomic E-state index is 11.7. The lowest BCUT2D eigenvalue weighted by molar-refractivity contribution is -0.122. The molecule has 2 rings (SSSR count). The van der Waals surface area contributed by atoms with Crippen molar-refractivity contribution in [2.45, 2.75) is 45.3 Å². The maximum Gasteiger partial charge on any atom is 0.220 e. The van der Waals surface area contributed by atoms with Gasteiger partial charge in [0.2, 0.25) is 5.91 Å². The smallest absolute Gasteiger partial charge is 0.220 e. The Bertz CT molecular complexity index is 433. The van der Waals surface area contributed by atoms with Crippen LogP contribution in [0, 0.1) is 0 Å². The summed E-state index contributed by atoms with van der Waals surface area (Å²) in [4.78, 5) is 11.7. The third kappa shape index (κ3) is 3.88. The summed E-state index contributed by atoms with van der Waals surface area (Å²) in [7, 11) is 0. The van der Waals surface area contributed by atoms with E-state index in [0.29, 0.717) is 19.4 Å². The first-order valence-corrected chi connectivity index (χ1v) is 6.87. The number of ether oxygens (including phenoxy) is 2. The van der Waals surface area contributed by atoms with Gasteiger partial charge in [-0.2, -0.15) is 0 Å². The van der Waals surface area contributed by atoms with Gasteiger partial charge in [-0.1, -0.05) is 19.1 Å². The molecule has 0 saturated carbocycles. The van der Waals surface area contributed by atoms with Crippen LogP contribution >= 0.6 is 0 Å². The van der Waals surface area contributed by atoms with Gasteiger partial charge in [-0.3, -0.25) is 4.79 Å². The molecule has 1 aromatic carbocycles. The largest absolute Gasteiger partial charge is 0.486 e. The lowest BCUT2D eigenvalue weighted by atomic mass is 10.1. The molecule has 19 heavy (non-hydrogen) atoms. The molecule has 0 aliphatic carbocycles.